The summed E-state index contributed by atoms with van der Waals surface area (Å²) in [7, 11) is 0. The van der Waals surface area contributed by atoms with Crippen molar-refractivity contribution in [2.45, 2.75) is 39.2 Å². The zero-order valence-corrected chi connectivity index (χ0v) is 11.6. The van der Waals surface area contributed by atoms with Gasteiger partial charge in [-0.1, -0.05) is 25.5 Å². The highest BCUT2D eigenvalue weighted by atomic mass is 15.2. The maximum atomic E-state index is 3.60. The monoisotopic (exact) mass is 244 g/mol. The lowest BCUT2D eigenvalue weighted by Gasteiger charge is -2.42. The third kappa shape index (κ3) is 2.14. The van der Waals surface area contributed by atoms with Gasteiger partial charge < -0.3 is 5.32 Å². The van der Waals surface area contributed by atoms with Crippen LogP contribution in [0, 0.1) is 12.8 Å². The number of rotatable bonds is 1. The second-order valence-corrected chi connectivity index (χ2v) is 5.99. The van der Waals surface area contributed by atoms with Gasteiger partial charge in [-0.2, -0.15) is 0 Å². The molecule has 0 aliphatic carbocycles. The summed E-state index contributed by atoms with van der Waals surface area (Å²) in [5.74, 6) is 0.707. The number of likely N-dealkylation sites (tertiary alicyclic amines) is 1. The van der Waals surface area contributed by atoms with Gasteiger partial charge in [-0.25, -0.2) is 0 Å². The van der Waals surface area contributed by atoms with Crippen molar-refractivity contribution in [3.63, 3.8) is 0 Å². The largest absolute Gasteiger partial charge is 0.384 e. The van der Waals surface area contributed by atoms with Gasteiger partial charge in [0.1, 0.15) is 0 Å². The fraction of sp³-hybridized carbons (Fsp3) is 0.625. The lowest BCUT2D eigenvalue weighted by Crippen LogP contribution is -2.41. The Morgan fingerprint density at radius 2 is 1.94 bits per heavy atom. The number of hydrogen-bond donors (Lipinski definition) is 1. The van der Waals surface area contributed by atoms with E-state index in [-0.39, 0.29) is 0 Å². The minimum absolute atomic E-state index is 0.627. The first-order chi connectivity index (χ1) is 8.75. The van der Waals surface area contributed by atoms with Crippen LogP contribution in [0.25, 0.3) is 0 Å². The van der Waals surface area contributed by atoms with Gasteiger partial charge in [0.2, 0.25) is 0 Å². The molecule has 2 aliphatic heterocycles. The summed E-state index contributed by atoms with van der Waals surface area (Å²) in [5, 5.41) is 3.60. The van der Waals surface area contributed by atoms with Crippen LogP contribution >= 0.6 is 0 Å². The highest BCUT2D eigenvalue weighted by Gasteiger charge is 2.31. The van der Waals surface area contributed by atoms with Gasteiger partial charge in [0.05, 0.1) is 0 Å². The lowest BCUT2D eigenvalue weighted by molar-refractivity contribution is 0.123. The highest BCUT2D eigenvalue weighted by molar-refractivity contribution is 5.56. The van der Waals surface area contributed by atoms with Crippen molar-refractivity contribution in [3.8, 4) is 0 Å². The van der Waals surface area contributed by atoms with E-state index in [1.807, 2.05) is 0 Å². The fourth-order valence-electron chi connectivity index (χ4n) is 3.52. The molecule has 0 amide bonds. The molecule has 0 aromatic heterocycles. The molecule has 2 heteroatoms. The van der Waals surface area contributed by atoms with E-state index in [1.165, 1.54) is 49.2 Å². The first-order valence-corrected chi connectivity index (χ1v) is 7.34. The van der Waals surface area contributed by atoms with Crippen LogP contribution < -0.4 is 5.32 Å². The van der Waals surface area contributed by atoms with E-state index in [2.05, 4.69) is 42.3 Å². The second kappa shape index (κ2) is 4.93. The number of piperidine rings is 1. The molecule has 0 saturated carbocycles. The van der Waals surface area contributed by atoms with Crippen molar-refractivity contribution in [1.29, 1.82) is 0 Å². The lowest BCUT2D eigenvalue weighted by atomic mass is 9.86. The normalized spacial score (nSPS) is 28.6. The Bertz CT molecular complexity index is 421. The summed E-state index contributed by atoms with van der Waals surface area (Å²) in [6.07, 6.45) is 4.16. The molecule has 3 rings (SSSR count). The number of hydrogen-bond acceptors (Lipinski definition) is 2. The van der Waals surface area contributed by atoms with E-state index in [0.29, 0.717) is 12.0 Å². The number of nitrogens with one attached hydrogen (secondary N) is 1. The van der Waals surface area contributed by atoms with Crippen LogP contribution in [0.3, 0.4) is 0 Å². The molecule has 2 unspecified atom stereocenters. The molecule has 0 radical (unpaired) electrons. The Morgan fingerprint density at radius 3 is 2.72 bits per heavy atom. The fourth-order valence-corrected chi connectivity index (χ4v) is 3.52. The molecule has 1 fully saturated rings. The zero-order chi connectivity index (χ0) is 12.5. The maximum Gasteiger partial charge on any atom is 0.0410 e. The quantitative estimate of drug-likeness (QED) is 0.812. The molecule has 18 heavy (non-hydrogen) atoms. The number of anilines is 1. The third-order valence-electron chi connectivity index (χ3n) is 4.46. The Hall–Kier alpha value is -1.02. The first kappa shape index (κ1) is 12.0. The van der Waals surface area contributed by atoms with Crippen LogP contribution in [0.15, 0.2) is 18.2 Å². The Morgan fingerprint density at radius 1 is 1.17 bits per heavy atom. The van der Waals surface area contributed by atoms with Crippen LogP contribution in [-0.4, -0.2) is 24.5 Å². The van der Waals surface area contributed by atoms with Crippen LogP contribution in [0.1, 0.15) is 43.4 Å². The van der Waals surface area contributed by atoms with E-state index in [9.17, 15) is 0 Å². The Balaban J connectivity index is 1.93. The van der Waals surface area contributed by atoms with Crippen molar-refractivity contribution >= 4 is 5.69 Å². The predicted octanol–water partition coefficient (Wildman–Crippen LogP) is 3.58. The Labute approximate surface area is 110 Å². The van der Waals surface area contributed by atoms with E-state index in [0.717, 1.165) is 6.54 Å². The van der Waals surface area contributed by atoms with Gasteiger partial charge in [0, 0.05) is 18.3 Å². The average Bonchev–Trinajstić information content (AvgIpc) is 2.40. The smallest absolute Gasteiger partial charge is 0.0410 e. The number of aryl methyl sites for hydroxylation is 1. The predicted molar refractivity (Wildman–Crippen MR) is 77.0 cm³/mol. The van der Waals surface area contributed by atoms with Crippen molar-refractivity contribution in [1.82, 2.24) is 4.90 Å². The van der Waals surface area contributed by atoms with E-state index in [4.69, 9.17) is 0 Å². The van der Waals surface area contributed by atoms with Gasteiger partial charge in [-0.3, -0.25) is 4.90 Å². The zero-order valence-electron chi connectivity index (χ0n) is 11.6. The molecule has 0 bridgehead atoms. The van der Waals surface area contributed by atoms with Crippen molar-refractivity contribution in [2.24, 2.45) is 5.92 Å². The molecular formula is C16H24N2. The molecule has 1 aromatic carbocycles. The molecule has 0 spiro atoms. The van der Waals surface area contributed by atoms with E-state index < -0.39 is 0 Å². The SMILES string of the molecule is Cc1ccc2c(c1)NCC(C)C2N1CCCCC1. The third-order valence-corrected chi connectivity index (χ3v) is 4.46. The van der Waals surface area contributed by atoms with Gasteiger partial charge in [-0.15, -0.1) is 0 Å². The standard InChI is InChI=1S/C16H24N2/c1-12-6-7-14-15(10-12)17-11-13(2)16(14)18-8-4-3-5-9-18/h6-7,10,13,16-17H,3-5,8-9,11H2,1-2H3. The number of benzene rings is 1. The van der Waals surface area contributed by atoms with Gasteiger partial charge in [0.15, 0.2) is 0 Å². The molecular weight excluding hydrogens is 220 g/mol. The van der Waals surface area contributed by atoms with Crippen molar-refractivity contribution in [2.75, 3.05) is 25.0 Å². The van der Waals surface area contributed by atoms with Gasteiger partial charge in [0.25, 0.3) is 0 Å². The molecule has 1 saturated heterocycles. The van der Waals surface area contributed by atoms with Crippen molar-refractivity contribution < 1.29 is 0 Å². The molecule has 2 aliphatic rings. The first-order valence-electron chi connectivity index (χ1n) is 7.34. The van der Waals surface area contributed by atoms with Crippen LogP contribution in [0.4, 0.5) is 5.69 Å². The summed E-state index contributed by atoms with van der Waals surface area (Å²) >= 11 is 0. The minimum atomic E-state index is 0.627. The summed E-state index contributed by atoms with van der Waals surface area (Å²) in [5.41, 5.74) is 4.23. The highest BCUT2D eigenvalue weighted by Crippen LogP contribution is 2.39. The van der Waals surface area contributed by atoms with E-state index >= 15 is 0 Å². The molecule has 2 heterocycles. The van der Waals surface area contributed by atoms with Gasteiger partial charge in [-0.05, 0) is 56.0 Å². The molecule has 98 valence electrons. The molecule has 2 nitrogen and oxygen atoms in total. The van der Waals surface area contributed by atoms with Crippen LogP contribution in [0.2, 0.25) is 0 Å². The second-order valence-electron chi connectivity index (χ2n) is 5.99. The van der Waals surface area contributed by atoms with E-state index in [1.54, 1.807) is 0 Å². The van der Waals surface area contributed by atoms with Crippen molar-refractivity contribution in [3.05, 3.63) is 29.3 Å². The minimum Gasteiger partial charge on any atom is -0.384 e. The maximum absolute atomic E-state index is 3.60. The van der Waals surface area contributed by atoms with Crippen LogP contribution in [0.5, 0.6) is 0 Å². The average molecular weight is 244 g/mol. The van der Waals surface area contributed by atoms with Crippen LogP contribution in [-0.2, 0) is 0 Å². The summed E-state index contributed by atoms with van der Waals surface area (Å²) < 4.78 is 0. The van der Waals surface area contributed by atoms with Gasteiger partial charge >= 0.3 is 0 Å². The summed E-state index contributed by atoms with van der Waals surface area (Å²) in [6, 6.07) is 7.53. The molecule has 1 N–H and O–H groups in total. The number of fused-ring (bicyclic) bond motifs is 1. The summed E-state index contributed by atoms with van der Waals surface area (Å²) in [4.78, 5) is 2.71. The topological polar surface area (TPSA) is 15.3 Å². The summed E-state index contributed by atoms with van der Waals surface area (Å²) in [6.45, 7) is 8.23. The Kier molecular flexibility index (Phi) is 3.29. The molecule has 1 aromatic rings. The number of nitrogens with zero attached hydrogens (tertiary/aromatic N) is 1. The molecule has 2 atom stereocenters.